The summed E-state index contributed by atoms with van der Waals surface area (Å²) in [5.41, 5.74) is 5.17. The number of carbonyl (C=O) groups excluding carboxylic acids is 1. The number of aryl methyl sites for hydroxylation is 2. The first kappa shape index (κ1) is 16.6. The van der Waals surface area contributed by atoms with Crippen molar-refractivity contribution in [1.29, 1.82) is 0 Å². The van der Waals surface area contributed by atoms with Crippen LogP contribution >= 0.6 is 0 Å². The minimum atomic E-state index is 0.0988. The highest BCUT2D eigenvalue weighted by atomic mass is 16.7. The first-order chi connectivity index (χ1) is 12.8. The minimum Gasteiger partial charge on any atom is -0.497 e. The van der Waals surface area contributed by atoms with Crippen LogP contribution in [0.25, 0.3) is 21.9 Å². The topological polar surface area (TPSA) is 44.8 Å². The zero-order chi connectivity index (χ0) is 18.1. The first-order valence-corrected chi connectivity index (χ1v) is 8.59. The van der Waals surface area contributed by atoms with Gasteiger partial charge in [0.15, 0.2) is 13.1 Å². The number of benzene rings is 3. The lowest BCUT2D eigenvalue weighted by molar-refractivity contribution is 0.0517. The van der Waals surface area contributed by atoms with Crippen molar-refractivity contribution < 1.29 is 19.0 Å². The van der Waals surface area contributed by atoms with Gasteiger partial charge in [-0.3, -0.25) is 4.79 Å². The molecule has 0 aliphatic heterocycles. The van der Waals surface area contributed by atoms with Crippen LogP contribution in [-0.4, -0.2) is 27.3 Å². The Hall–Kier alpha value is -2.85. The van der Waals surface area contributed by atoms with Crippen LogP contribution in [-0.2, 0) is 17.6 Å². The van der Waals surface area contributed by atoms with Gasteiger partial charge >= 0.3 is 0 Å². The maximum Gasteiger partial charge on any atom is 0.188 e. The van der Waals surface area contributed by atoms with Crippen molar-refractivity contribution in [3.05, 3.63) is 59.2 Å². The average Bonchev–Trinajstić information content (AvgIpc) is 3.11. The van der Waals surface area contributed by atoms with Crippen LogP contribution in [0.1, 0.15) is 21.5 Å². The third-order valence-electron chi connectivity index (χ3n) is 4.94. The Labute approximate surface area is 152 Å². The lowest BCUT2D eigenvalue weighted by Gasteiger charge is -2.16. The van der Waals surface area contributed by atoms with Crippen LogP contribution in [0, 0.1) is 0 Å². The lowest BCUT2D eigenvalue weighted by Crippen LogP contribution is -2.03. The number of carbonyl (C=O) groups is 1. The molecular formula is C22H20O4. The molecule has 0 bridgehead atoms. The lowest BCUT2D eigenvalue weighted by atomic mass is 9.92. The Bertz CT molecular complexity index is 974. The summed E-state index contributed by atoms with van der Waals surface area (Å²) in [5.74, 6) is 1.40. The monoisotopic (exact) mass is 348 g/mol. The molecule has 3 aromatic rings. The van der Waals surface area contributed by atoms with E-state index in [0.29, 0.717) is 11.3 Å². The van der Waals surface area contributed by atoms with Crippen LogP contribution in [0.5, 0.6) is 11.5 Å². The SMILES string of the molecule is COCOc1c(C=O)cc2c3c(ccc(-c4ccc(OC)cc4)c13)CC2. The normalized spacial score (nSPS) is 12.4. The zero-order valence-corrected chi connectivity index (χ0v) is 14.9. The summed E-state index contributed by atoms with van der Waals surface area (Å²) in [5, 5.41) is 2.19. The Morgan fingerprint density at radius 3 is 2.42 bits per heavy atom. The molecule has 0 aromatic heterocycles. The smallest absolute Gasteiger partial charge is 0.188 e. The largest absolute Gasteiger partial charge is 0.497 e. The minimum absolute atomic E-state index is 0.0988. The highest BCUT2D eigenvalue weighted by Gasteiger charge is 2.23. The van der Waals surface area contributed by atoms with E-state index in [9.17, 15) is 4.79 Å². The Balaban J connectivity index is 2.02. The molecule has 0 saturated heterocycles. The van der Waals surface area contributed by atoms with Crippen molar-refractivity contribution >= 4 is 17.1 Å². The molecule has 0 N–H and O–H groups in total. The van der Waals surface area contributed by atoms with E-state index in [-0.39, 0.29) is 6.79 Å². The van der Waals surface area contributed by atoms with Gasteiger partial charge in [-0.2, -0.15) is 0 Å². The fraction of sp³-hybridized carbons (Fsp3) is 0.227. The van der Waals surface area contributed by atoms with Gasteiger partial charge in [0.25, 0.3) is 0 Å². The van der Waals surface area contributed by atoms with E-state index in [4.69, 9.17) is 14.2 Å². The van der Waals surface area contributed by atoms with Gasteiger partial charge in [0, 0.05) is 12.5 Å². The summed E-state index contributed by atoms with van der Waals surface area (Å²) in [6.45, 7) is 0.0988. The van der Waals surface area contributed by atoms with Crippen molar-refractivity contribution in [3.63, 3.8) is 0 Å². The summed E-state index contributed by atoms with van der Waals surface area (Å²) in [7, 11) is 3.23. The zero-order valence-electron chi connectivity index (χ0n) is 14.9. The molecule has 0 unspecified atom stereocenters. The third-order valence-corrected chi connectivity index (χ3v) is 4.94. The number of rotatable bonds is 6. The molecule has 4 heteroatoms. The predicted molar refractivity (Wildman–Crippen MR) is 101 cm³/mol. The second-order valence-corrected chi connectivity index (χ2v) is 6.37. The van der Waals surface area contributed by atoms with Crippen LogP contribution in [0.3, 0.4) is 0 Å². The van der Waals surface area contributed by atoms with Gasteiger partial charge in [0.05, 0.1) is 12.7 Å². The van der Waals surface area contributed by atoms with E-state index >= 15 is 0 Å². The van der Waals surface area contributed by atoms with E-state index in [1.165, 1.54) is 16.5 Å². The van der Waals surface area contributed by atoms with Crippen LogP contribution in [0.2, 0.25) is 0 Å². The molecule has 0 amide bonds. The second kappa shape index (κ2) is 6.81. The van der Waals surface area contributed by atoms with Gasteiger partial charge in [-0.15, -0.1) is 0 Å². The first-order valence-electron chi connectivity index (χ1n) is 8.59. The Morgan fingerprint density at radius 2 is 1.73 bits per heavy atom. The molecule has 0 spiro atoms. The number of ether oxygens (including phenoxy) is 3. The molecule has 0 fully saturated rings. The quantitative estimate of drug-likeness (QED) is 0.489. The Morgan fingerprint density at radius 1 is 0.962 bits per heavy atom. The van der Waals surface area contributed by atoms with Gasteiger partial charge in [-0.25, -0.2) is 0 Å². The van der Waals surface area contributed by atoms with Gasteiger partial charge in [0.2, 0.25) is 0 Å². The van der Waals surface area contributed by atoms with Crippen LogP contribution < -0.4 is 9.47 Å². The van der Waals surface area contributed by atoms with Crippen molar-refractivity contribution in [2.75, 3.05) is 21.0 Å². The number of hydrogen-bond donors (Lipinski definition) is 0. The highest BCUT2D eigenvalue weighted by molar-refractivity contribution is 6.08. The van der Waals surface area contributed by atoms with Crippen molar-refractivity contribution in [1.82, 2.24) is 0 Å². The fourth-order valence-corrected chi connectivity index (χ4v) is 3.77. The van der Waals surface area contributed by atoms with Crippen LogP contribution in [0.15, 0.2) is 42.5 Å². The standard InChI is InChI=1S/C22H20O4/c1-24-13-26-22-17(12-23)11-16-4-3-15-7-10-19(21(22)20(15)16)14-5-8-18(25-2)9-6-14/h5-12H,3-4,13H2,1-2H3. The molecule has 1 aliphatic carbocycles. The molecule has 0 saturated carbocycles. The third kappa shape index (κ3) is 2.63. The maximum atomic E-state index is 11.7. The predicted octanol–water partition coefficient (Wildman–Crippen LogP) is 4.41. The van der Waals surface area contributed by atoms with E-state index < -0.39 is 0 Å². The molecule has 26 heavy (non-hydrogen) atoms. The summed E-state index contributed by atoms with van der Waals surface area (Å²) in [4.78, 5) is 11.7. The maximum absolute atomic E-state index is 11.7. The van der Waals surface area contributed by atoms with Gasteiger partial charge in [-0.1, -0.05) is 24.3 Å². The number of hydrogen-bond acceptors (Lipinski definition) is 4. The molecule has 0 radical (unpaired) electrons. The van der Waals surface area contributed by atoms with E-state index in [0.717, 1.165) is 41.4 Å². The molecule has 4 rings (SSSR count). The molecule has 1 aliphatic rings. The summed E-state index contributed by atoms with van der Waals surface area (Å²) in [6, 6.07) is 14.2. The van der Waals surface area contributed by atoms with E-state index in [2.05, 4.69) is 12.1 Å². The van der Waals surface area contributed by atoms with Gasteiger partial charge in [-0.05, 0) is 58.7 Å². The molecule has 0 atom stereocenters. The second-order valence-electron chi connectivity index (χ2n) is 6.37. The molecule has 132 valence electrons. The fourth-order valence-electron chi connectivity index (χ4n) is 3.77. The van der Waals surface area contributed by atoms with Crippen LogP contribution in [0.4, 0.5) is 0 Å². The molecule has 4 nitrogen and oxygen atoms in total. The summed E-state index contributed by atoms with van der Waals surface area (Å²) < 4.78 is 16.2. The van der Waals surface area contributed by atoms with E-state index in [1.807, 2.05) is 30.3 Å². The highest BCUT2D eigenvalue weighted by Crippen LogP contribution is 2.44. The summed E-state index contributed by atoms with van der Waals surface area (Å²) in [6.07, 6.45) is 2.80. The van der Waals surface area contributed by atoms with Gasteiger partial charge < -0.3 is 14.2 Å². The number of methoxy groups -OCH3 is 2. The average molecular weight is 348 g/mol. The summed E-state index contributed by atoms with van der Waals surface area (Å²) >= 11 is 0. The van der Waals surface area contributed by atoms with E-state index in [1.54, 1.807) is 14.2 Å². The Kier molecular flexibility index (Phi) is 4.35. The van der Waals surface area contributed by atoms with Gasteiger partial charge in [0.1, 0.15) is 11.5 Å². The van der Waals surface area contributed by atoms with Crippen molar-refractivity contribution in [2.24, 2.45) is 0 Å². The molecule has 0 heterocycles. The van der Waals surface area contributed by atoms with Crippen molar-refractivity contribution in [2.45, 2.75) is 12.8 Å². The number of aldehydes is 1. The molecule has 3 aromatic carbocycles. The molecular weight excluding hydrogens is 328 g/mol. The van der Waals surface area contributed by atoms with Crippen molar-refractivity contribution in [3.8, 4) is 22.6 Å².